The number of hydrogen-bond donors (Lipinski definition) is 1. The Hall–Kier alpha value is -2.59. The first-order valence-corrected chi connectivity index (χ1v) is 8.94. The summed E-state index contributed by atoms with van der Waals surface area (Å²) >= 11 is 0. The average Bonchev–Trinajstić information content (AvgIpc) is 2.99. The minimum Gasteiger partial charge on any atom is -0.474 e. The summed E-state index contributed by atoms with van der Waals surface area (Å²) in [6.45, 7) is 0. The Balaban J connectivity index is 1.67. The Kier molecular flexibility index (Phi) is 4.52. The van der Waals surface area contributed by atoms with Crippen LogP contribution in [-0.4, -0.2) is 23.2 Å². The third-order valence-corrected chi connectivity index (χ3v) is 5.16. The number of hydrogen-bond acceptors (Lipinski definition) is 4. The molecule has 2 aliphatic heterocycles. The average molecular weight is 373 g/mol. The number of pyridine rings is 1. The second kappa shape index (κ2) is 6.86. The normalized spacial score (nSPS) is 24.4. The maximum atomic E-state index is 13.4. The fraction of sp³-hybridized carbons (Fsp3) is 0.400. The first-order chi connectivity index (χ1) is 12.9. The number of nitrogens with one attached hydrogen (secondary N) is 1. The molecule has 3 heterocycles. The van der Waals surface area contributed by atoms with Crippen molar-refractivity contribution in [3.63, 3.8) is 0 Å². The van der Waals surface area contributed by atoms with E-state index in [1.807, 2.05) is 6.07 Å². The zero-order valence-electron chi connectivity index (χ0n) is 14.5. The lowest BCUT2D eigenvalue weighted by Crippen LogP contribution is -2.42. The summed E-state index contributed by atoms with van der Waals surface area (Å²) in [4.78, 5) is 4.30. The Bertz CT molecular complexity index is 879. The predicted molar refractivity (Wildman–Crippen MR) is 93.0 cm³/mol. The third-order valence-electron chi connectivity index (χ3n) is 5.16. The molecule has 1 N–H and O–H groups in total. The fourth-order valence-corrected chi connectivity index (χ4v) is 3.99. The number of ether oxygens (including phenoxy) is 1. The van der Waals surface area contributed by atoms with Gasteiger partial charge >= 0.3 is 6.18 Å². The predicted octanol–water partition coefficient (Wildman–Crippen LogP) is 4.30. The lowest BCUT2D eigenvalue weighted by atomic mass is 10.0. The quantitative estimate of drug-likeness (QED) is 0.872. The molecular weight excluding hydrogens is 355 g/mol. The highest BCUT2D eigenvalue weighted by molar-refractivity contribution is 5.66. The molecule has 2 fully saturated rings. The summed E-state index contributed by atoms with van der Waals surface area (Å²) in [5.74, 6) is 0.201. The molecule has 2 atom stereocenters. The van der Waals surface area contributed by atoms with Crippen molar-refractivity contribution in [2.75, 3.05) is 0 Å². The van der Waals surface area contributed by atoms with Gasteiger partial charge in [-0.1, -0.05) is 18.2 Å². The number of nitriles is 1. The van der Waals surface area contributed by atoms with E-state index in [-0.39, 0.29) is 28.8 Å². The molecule has 2 aromatic rings. The molecule has 2 saturated heterocycles. The van der Waals surface area contributed by atoms with Gasteiger partial charge in [0, 0.05) is 23.7 Å². The Morgan fingerprint density at radius 1 is 1.11 bits per heavy atom. The summed E-state index contributed by atoms with van der Waals surface area (Å²) in [5, 5.41) is 12.8. The lowest BCUT2D eigenvalue weighted by Gasteiger charge is -2.29. The van der Waals surface area contributed by atoms with E-state index in [2.05, 4.69) is 10.3 Å². The van der Waals surface area contributed by atoms with E-state index < -0.39 is 11.7 Å². The van der Waals surface area contributed by atoms with Crippen molar-refractivity contribution < 1.29 is 17.9 Å². The van der Waals surface area contributed by atoms with Crippen LogP contribution >= 0.6 is 0 Å². The zero-order valence-corrected chi connectivity index (χ0v) is 14.5. The third kappa shape index (κ3) is 3.76. The van der Waals surface area contributed by atoms with Crippen LogP contribution < -0.4 is 10.1 Å². The van der Waals surface area contributed by atoms with Crippen molar-refractivity contribution >= 4 is 0 Å². The van der Waals surface area contributed by atoms with E-state index >= 15 is 0 Å². The number of piperidine rings is 1. The van der Waals surface area contributed by atoms with E-state index in [1.165, 1.54) is 30.3 Å². The van der Waals surface area contributed by atoms with Crippen LogP contribution in [0.15, 0.2) is 36.4 Å². The molecule has 4 rings (SSSR count). The van der Waals surface area contributed by atoms with Crippen molar-refractivity contribution in [1.82, 2.24) is 10.3 Å². The molecule has 7 heteroatoms. The van der Waals surface area contributed by atoms with Crippen LogP contribution in [0.1, 0.15) is 36.8 Å². The number of rotatable bonds is 3. The standard InChI is InChI=1S/C20H18F3N3O/c21-20(22,23)17-4-2-1-3-16(17)18-7-12(11-24)8-19(26-18)27-15-9-13-5-6-14(10-15)25-13/h1-4,7-8,13-15,25H,5-6,9-10H2. The summed E-state index contributed by atoms with van der Waals surface area (Å²) < 4.78 is 46.0. The van der Waals surface area contributed by atoms with Gasteiger partial charge in [0.15, 0.2) is 0 Å². The number of alkyl halides is 3. The topological polar surface area (TPSA) is 57.9 Å². The van der Waals surface area contributed by atoms with Gasteiger partial charge in [0.2, 0.25) is 5.88 Å². The highest BCUT2D eigenvalue weighted by Crippen LogP contribution is 2.37. The minimum absolute atomic E-state index is 0.0455. The Morgan fingerprint density at radius 3 is 2.48 bits per heavy atom. The van der Waals surface area contributed by atoms with Gasteiger partial charge < -0.3 is 10.1 Å². The molecule has 0 spiro atoms. The summed E-state index contributed by atoms with van der Waals surface area (Å²) in [7, 11) is 0. The van der Waals surface area contributed by atoms with Crippen LogP contribution in [0.2, 0.25) is 0 Å². The van der Waals surface area contributed by atoms with Gasteiger partial charge in [0.25, 0.3) is 0 Å². The van der Waals surface area contributed by atoms with E-state index in [4.69, 9.17) is 4.74 Å². The van der Waals surface area contributed by atoms with Crippen LogP contribution in [0, 0.1) is 11.3 Å². The van der Waals surface area contributed by atoms with Crippen LogP contribution in [0.5, 0.6) is 5.88 Å². The molecule has 27 heavy (non-hydrogen) atoms. The number of benzene rings is 1. The molecule has 2 unspecified atom stereocenters. The SMILES string of the molecule is N#Cc1cc(OC2CC3CCC(C2)N3)nc(-c2ccccc2C(F)(F)F)c1. The molecule has 4 nitrogen and oxygen atoms in total. The van der Waals surface area contributed by atoms with Crippen molar-refractivity contribution in [3.05, 3.63) is 47.5 Å². The molecule has 140 valence electrons. The van der Waals surface area contributed by atoms with Crippen LogP contribution in [0.4, 0.5) is 13.2 Å². The van der Waals surface area contributed by atoms with Crippen molar-refractivity contribution in [3.8, 4) is 23.2 Å². The number of nitrogens with zero attached hydrogens (tertiary/aromatic N) is 2. The first-order valence-electron chi connectivity index (χ1n) is 8.94. The molecular formula is C20H18F3N3O. The van der Waals surface area contributed by atoms with Gasteiger partial charge in [-0.15, -0.1) is 0 Å². The van der Waals surface area contributed by atoms with Crippen LogP contribution in [0.25, 0.3) is 11.3 Å². The molecule has 1 aromatic carbocycles. The highest BCUT2D eigenvalue weighted by atomic mass is 19.4. The Labute approximate surface area is 155 Å². The summed E-state index contributed by atoms with van der Waals surface area (Å²) in [6.07, 6.45) is -0.653. The first kappa shape index (κ1) is 17.8. The highest BCUT2D eigenvalue weighted by Gasteiger charge is 2.35. The fourth-order valence-electron chi connectivity index (χ4n) is 3.99. The van der Waals surface area contributed by atoms with E-state index in [0.29, 0.717) is 12.1 Å². The van der Waals surface area contributed by atoms with E-state index in [1.54, 1.807) is 0 Å². The molecule has 0 radical (unpaired) electrons. The largest absolute Gasteiger partial charge is 0.474 e. The van der Waals surface area contributed by atoms with Gasteiger partial charge in [-0.2, -0.15) is 18.4 Å². The van der Waals surface area contributed by atoms with Gasteiger partial charge in [-0.3, -0.25) is 0 Å². The molecule has 2 bridgehead atoms. The van der Waals surface area contributed by atoms with Gasteiger partial charge in [-0.25, -0.2) is 4.98 Å². The van der Waals surface area contributed by atoms with Gasteiger partial charge in [0.1, 0.15) is 6.10 Å². The molecule has 2 aliphatic rings. The molecule has 0 aliphatic carbocycles. The monoisotopic (exact) mass is 373 g/mol. The maximum absolute atomic E-state index is 13.4. The van der Waals surface area contributed by atoms with Crippen LogP contribution in [0.3, 0.4) is 0 Å². The minimum atomic E-state index is -4.50. The Morgan fingerprint density at radius 2 is 1.81 bits per heavy atom. The number of fused-ring (bicyclic) bond motifs is 2. The van der Waals surface area contributed by atoms with Crippen molar-refractivity contribution in [1.29, 1.82) is 5.26 Å². The maximum Gasteiger partial charge on any atom is 0.417 e. The lowest BCUT2D eigenvalue weighted by molar-refractivity contribution is -0.137. The van der Waals surface area contributed by atoms with E-state index in [0.717, 1.165) is 31.7 Å². The number of aromatic nitrogens is 1. The molecule has 0 amide bonds. The van der Waals surface area contributed by atoms with Crippen molar-refractivity contribution in [2.24, 2.45) is 0 Å². The smallest absolute Gasteiger partial charge is 0.417 e. The number of halogens is 3. The van der Waals surface area contributed by atoms with Crippen LogP contribution in [-0.2, 0) is 6.18 Å². The van der Waals surface area contributed by atoms with Gasteiger partial charge in [0.05, 0.1) is 22.9 Å². The van der Waals surface area contributed by atoms with Gasteiger partial charge in [-0.05, 0) is 37.8 Å². The summed E-state index contributed by atoms with van der Waals surface area (Å²) in [5.41, 5.74) is -0.520. The molecule has 1 aromatic heterocycles. The summed E-state index contributed by atoms with van der Waals surface area (Å²) in [6, 6.07) is 10.9. The zero-order chi connectivity index (χ0) is 19.0. The van der Waals surface area contributed by atoms with Crippen molar-refractivity contribution in [2.45, 2.75) is 50.0 Å². The second-order valence-corrected chi connectivity index (χ2v) is 7.08. The van der Waals surface area contributed by atoms with E-state index in [9.17, 15) is 18.4 Å². The molecule has 0 saturated carbocycles. The second-order valence-electron chi connectivity index (χ2n) is 7.08.